The van der Waals surface area contributed by atoms with Crippen LogP contribution in [0.15, 0.2) is 30.6 Å². The number of aliphatic hydroxyl groups is 1. The minimum atomic E-state index is -0.914. The average Bonchev–Trinajstić information content (AvgIpc) is 2.98. The molecule has 6 heteroatoms. The molecule has 0 saturated heterocycles. The van der Waals surface area contributed by atoms with Crippen LogP contribution in [0.5, 0.6) is 0 Å². The van der Waals surface area contributed by atoms with Crippen molar-refractivity contribution in [2.75, 3.05) is 6.54 Å². The number of carbonyl (C=O) groups is 1. The number of carbonyl (C=O) groups excluding carboxylic acids is 1. The molecule has 1 heterocycles. The summed E-state index contributed by atoms with van der Waals surface area (Å²) in [6.07, 6.45) is 2.49. The van der Waals surface area contributed by atoms with E-state index in [0.29, 0.717) is 11.4 Å². The molecule has 2 rings (SSSR count). The molecule has 0 spiro atoms. The van der Waals surface area contributed by atoms with Crippen LogP contribution < -0.4 is 5.32 Å². The van der Waals surface area contributed by atoms with Crippen molar-refractivity contribution in [3.05, 3.63) is 36.2 Å². The van der Waals surface area contributed by atoms with E-state index in [1.54, 1.807) is 30.1 Å². The third-order valence-electron chi connectivity index (χ3n) is 4.29. The van der Waals surface area contributed by atoms with Crippen LogP contribution in [0, 0.1) is 5.92 Å². The van der Waals surface area contributed by atoms with Gasteiger partial charge in [-0.3, -0.25) is 9.48 Å². The van der Waals surface area contributed by atoms with Crippen molar-refractivity contribution >= 4 is 5.91 Å². The van der Waals surface area contributed by atoms with Crippen LogP contribution in [-0.2, 0) is 7.05 Å². The molecule has 0 aliphatic rings. The number of nitrogens with zero attached hydrogens (tertiary/aromatic N) is 3. The van der Waals surface area contributed by atoms with Gasteiger partial charge in [-0.1, -0.05) is 32.4 Å². The normalized spacial score (nSPS) is 15.0. The average molecular weight is 316 g/mol. The molecule has 0 aliphatic heterocycles. The summed E-state index contributed by atoms with van der Waals surface area (Å²) in [5.41, 5.74) is 0.487. The highest BCUT2D eigenvalue weighted by Gasteiger charge is 2.27. The number of benzene rings is 1. The van der Waals surface area contributed by atoms with E-state index in [4.69, 9.17) is 0 Å². The molecule has 124 valence electrons. The van der Waals surface area contributed by atoms with Gasteiger partial charge in [0.2, 0.25) is 0 Å². The van der Waals surface area contributed by atoms with Crippen molar-refractivity contribution in [3.8, 4) is 11.4 Å². The molecule has 0 aliphatic carbocycles. The van der Waals surface area contributed by atoms with E-state index in [0.717, 1.165) is 12.0 Å². The minimum Gasteiger partial charge on any atom is -0.388 e. The highest BCUT2D eigenvalue weighted by molar-refractivity contribution is 5.94. The minimum absolute atomic E-state index is 0.111. The summed E-state index contributed by atoms with van der Waals surface area (Å²) in [7, 11) is 1.81. The Labute approximate surface area is 136 Å². The Balaban J connectivity index is 2.00. The summed E-state index contributed by atoms with van der Waals surface area (Å²) in [5, 5.41) is 17.4. The Hall–Kier alpha value is -2.21. The molecule has 1 aromatic carbocycles. The van der Waals surface area contributed by atoms with Crippen LogP contribution in [-0.4, -0.2) is 37.9 Å². The molecule has 2 unspecified atom stereocenters. The van der Waals surface area contributed by atoms with Crippen molar-refractivity contribution in [1.82, 2.24) is 20.1 Å². The van der Waals surface area contributed by atoms with Gasteiger partial charge in [0.15, 0.2) is 5.82 Å². The highest BCUT2D eigenvalue weighted by Crippen LogP contribution is 2.19. The maximum Gasteiger partial charge on any atom is 0.251 e. The lowest BCUT2D eigenvalue weighted by atomic mass is 9.88. The Morgan fingerprint density at radius 2 is 2.04 bits per heavy atom. The first kappa shape index (κ1) is 17.1. The molecule has 6 nitrogen and oxygen atoms in total. The van der Waals surface area contributed by atoms with Gasteiger partial charge in [0.25, 0.3) is 5.91 Å². The van der Waals surface area contributed by atoms with E-state index >= 15 is 0 Å². The lowest BCUT2D eigenvalue weighted by molar-refractivity contribution is 0.00593. The summed E-state index contributed by atoms with van der Waals surface area (Å²) < 4.78 is 1.63. The number of amides is 1. The standard InChI is InChI=1S/C17H24N4O2/c1-5-12(2)17(3,23)10-18-16(22)14-8-6-13(7-9-14)15-19-11-21(4)20-15/h6-9,11-12,23H,5,10H2,1-4H3,(H,18,22). The first-order chi connectivity index (χ1) is 10.8. The number of aryl methyl sites for hydroxylation is 1. The van der Waals surface area contributed by atoms with E-state index in [2.05, 4.69) is 15.4 Å². The zero-order valence-electron chi connectivity index (χ0n) is 14.1. The molecule has 2 N–H and O–H groups in total. The maximum atomic E-state index is 12.2. The smallest absolute Gasteiger partial charge is 0.251 e. The van der Waals surface area contributed by atoms with E-state index in [1.165, 1.54) is 0 Å². The maximum absolute atomic E-state index is 12.2. The lowest BCUT2D eigenvalue weighted by Crippen LogP contribution is -2.45. The van der Waals surface area contributed by atoms with Gasteiger partial charge in [-0.25, -0.2) is 4.98 Å². The SMILES string of the molecule is CCC(C)C(C)(O)CNC(=O)c1ccc(-c2ncn(C)n2)cc1. The zero-order valence-corrected chi connectivity index (χ0v) is 14.1. The van der Waals surface area contributed by atoms with Crippen molar-refractivity contribution < 1.29 is 9.90 Å². The third-order valence-corrected chi connectivity index (χ3v) is 4.29. The van der Waals surface area contributed by atoms with Crippen molar-refractivity contribution in [2.24, 2.45) is 13.0 Å². The predicted octanol–water partition coefficient (Wildman–Crippen LogP) is 2.01. The van der Waals surface area contributed by atoms with Crippen LogP contribution in [0.1, 0.15) is 37.6 Å². The topological polar surface area (TPSA) is 80.0 Å². The second kappa shape index (κ2) is 6.91. The second-order valence-electron chi connectivity index (χ2n) is 6.17. The number of hydrogen-bond donors (Lipinski definition) is 2. The van der Waals surface area contributed by atoms with E-state index in [-0.39, 0.29) is 18.4 Å². The summed E-state index contributed by atoms with van der Waals surface area (Å²) >= 11 is 0. The van der Waals surface area contributed by atoms with E-state index in [9.17, 15) is 9.90 Å². The number of rotatable bonds is 6. The molecule has 0 fully saturated rings. The van der Waals surface area contributed by atoms with Crippen LogP contribution in [0.2, 0.25) is 0 Å². The van der Waals surface area contributed by atoms with Gasteiger partial charge < -0.3 is 10.4 Å². The Kier molecular flexibility index (Phi) is 5.15. The van der Waals surface area contributed by atoms with Crippen molar-refractivity contribution in [2.45, 2.75) is 32.8 Å². The van der Waals surface area contributed by atoms with Crippen molar-refractivity contribution in [1.29, 1.82) is 0 Å². The fraction of sp³-hybridized carbons (Fsp3) is 0.471. The Morgan fingerprint density at radius 1 is 1.39 bits per heavy atom. The van der Waals surface area contributed by atoms with Gasteiger partial charge in [-0.2, -0.15) is 5.10 Å². The monoisotopic (exact) mass is 316 g/mol. The summed E-state index contributed by atoms with van der Waals surface area (Å²) in [6, 6.07) is 7.10. The van der Waals surface area contributed by atoms with Crippen LogP contribution >= 0.6 is 0 Å². The predicted molar refractivity (Wildman–Crippen MR) is 88.9 cm³/mol. The van der Waals surface area contributed by atoms with Gasteiger partial charge in [0.05, 0.1) is 5.60 Å². The van der Waals surface area contributed by atoms with Crippen LogP contribution in [0.3, 0.4) is 0 Å². The first-order valence-electron chi connectivity index (χ1n) is 7.80. The molecule has 2 atom stereocenters. The molecule has 2 aromatic rings. The Morgan fingerprint density at radius 3 is 2.57 bits per heavy atom. The molecule has 23 heavy (non-hydrogen) atoms. The number of aromatic nitrogens is 3. The summed E-state index contributed by atoms with van der Waals surface area (Å²) in [6.45, 7) is 5.97. The highest BCUT2D eigenvalue weighted by atomic mass is 16.3. The summed E-state index contributed by atoms with van der Waals surface area (Å²) in [4.78, 5) is 16.4. The molecule has 1 aromatic heterocycles. The van der Waals surface area contributed by atoms with Gasteiger partial charge in [0, 0.05) is 24.7 Å². The molecule has 0 radical (unpaired) electrons. The lowest BCUT2D eigenvalue weighted by Gasteiger charge is -2.29. The van der Waals surface area contributed by atoms with Gasteiger partial charge in [-0.05, 0) is 25.0 Å². The van der Waals surface area contributed by atoms with Crippen molar-refractivity contribution in [3.63, 3.8) is 0 Å². The third kappa shape index (κ3) is 4.16. The fourth-order valence-electron chi connectivity index (χ4n) is 2.22. The largest absolute Gasteiger partial charge is 0.388 e. The fourth-order valence-corrected chi connectivity index (χ4v) is 2.22. The van der Waals surface area contributed by atoms with Gasteiger partial charge >= 0.3 is 0 Å². The zero-order chi connectivity index (χ0) is 17.0. The van der Waals surface area contributed by atoms with E-state index < -0.39 is 5.60 Å². The first-order valence-corrected chi connectivity index (χ1v) is 7.80. The molecule has 0 saturated carbocycles. The molecule has 1 amide bonds. The number of nitrogens with one attached hydrogen (secondary N) is 1. The molecular weight excluding hydrogens is 292 g/mol. The number of hydrogen-bond acceptors (Lipinski definition) is 4. The summed E-state index contributed by atoms with van der Waals surface area (Å²) in [5.74, 6) is 0.536. The van der Waals surface area contributed by atoms with Crippen LogP contribution in [0.25, 0.3) is 11.4 Å². The van der Waals surface area contributed by atoms with Gasteiger partial charge in [0.1, 0.15) is 6.33 Å². The Bertz CT molecular complexity index is 661. The molecular formula is C17H24N4O2. The second-order valence-corrected chi connectivity index (χ2v) is 6.17. The van der Waals surface area contributed by atoms with E-state index in [1.807, 2.05) is 33.0 Å². The van der Waals surface area contributed by atoms with Crippen LogP contribution in [0.4, 0.5) is 0 Å². The molecule has 0 bridgehead atoms. The quantitative estimate of drug-likeness (QED) is 0.854. The van der Waals surface area contributed by atoms with Gasteiger partial charge in [-0.15, -0.1) is 0 Å².